The molecule has 0 saturated heterocycles. The molecule has 2 N–H and O–H groups in total. The van der Waals surface area contributed by atoms with Gasteiger partial charge in [0.25, 0.3) is 0 Å². The monoisotopic (exact) mass is 469 g/mol. The molecule has 3 unspecified atom stereocenters. The third kappa shape index (κ3) is 6.43. The average molecular weight is 470 g/mol. The van der Waals surface area contributed by atoms with E-state index in [-0.39, 0.29) is 4.57 Å². The molecule has 0 saturated carbocycles. The van der Waals surface area contributed by atoms with Gasteiger partial charge in [-0.15, -0.1) is 0 Å². The van der Waals surface area contributed by atoms with E-state index < -0.39 is 63.2 Å². The van der Waals surface area contributed by atoms with Crippen LogP contribution in [0.2, 0.25) is 0 Å². The van der Waals surface area contributed by atoms with Gasteiger partial charge in [0.05, 0.1) is 15.7 Å². The molecule has 162 valence electrons. The van der Waals surface area contributed by atoms with Crippen molar-refractivity contribution < 1.29 is 28.6 Å². The Labute approximate surface area is 179 Å². The van der Waals surface area contributed by atoms with Crippen molar-refractivity contribution in [3.05, 3.63) is 31.5 Å². The molecule has 0 fully saturated rings. The highest BCUT2D eigenvalue weighted by Crippen LogP contribution is 2.22. The molecule has 0 spiro atoms. The zero-order valence-corrected chi connectivity index (χ0v) is 18.1. The first-order valence-electron chi connectivity index (χ1n) is 7.93. The Morgan fingerprint density at radius 3 is 1.59 bits per heavy atom. The molecule has 12 nitrogen and oxygen atoms in total. The summed E-state index contributed by atoms with van der Waals surface area (Å²) in [7, 11) is 0. The highest BCUT2D eigenvalue weighted by molar-refractivity contribution is 7.82. The Hall–Kier alpha value is -2.13. The van der Waals surface area contributed by atoms with Gasteiger partial charge in [0.1, 0.15) is 0 Å². The van der Waals surface area contributed by atoms with Gasteiger partial charge in [0, 0.05) is 0 Å². The minimum absolute atomic E-state index is 0.0764. The van der Waals surface area contributed by atoms with E-state index >= 15 is 0 Å². The van der Waals surface area contributed by atoms with Crippen LogP contribution in [0.15, 0.2) is 14.4 Å². The first-order chi connectivity index (χ1) is 13.3. The number of hydrogen-bond donors (Lipinski definition) is 5. The second-order valence-electron chi connectivity index (χ2n) is 5.72. The number of hydrogen-bond acceptors (Lipinski definition) is 12. The molecule has 15 heteroatoms. The molecular formula is C14H19N3O9S3. The zero-order chi connectivity index (χ0) is 22.5. The fourth-order valence-electron chi connectivity index (χ4n) is 1.74. The smallest absolute Gasteiger partial charge is 0.390 e. The molecule has 0 aliphatic heterocycles. The lowest BCUT2D eigenvalue weighted by molar-refractivity contribution is -0.286. The largest absolute Gasteiger partial charge is 0.454 e. The highest BCUT2D eigenvalue weighted by atomic mass is 32.1. The van der Waals surface area contributed by atoms with Gasteiger partial charge in [-0.25, -0.2) is 14.4 Å². The van der Waals surface area contributed by atoms with Crippen molar-refractivity contribution in [3.8, 4) is 0 Å². The minimum Gasteiger partial charge on any atom is -0.454 e. The van der Waals surface area contributed by atoms with Gasteiger partial charge >= 0.3 is 40.9 Å². The second-order valence-corrected chi connectivity index (χ2v) is 8.04. The van der Waals surface area contributed by atoms with Gasteiger partial charge in [0.15, 0.2) is 6.61 Å². The third-order valence-corrected chi connectivity index (χ3v) is 3.76. The van der Waals surface area contributed by atoms with E-state index in [1.165, 1.54) is 20.8 Å². The molecule has 29 heavy (non-hydrogen) atoms. The molecule has 0 radical (unpaired) electrons. The molecule has 0 bridgehead atoms. The topological polar surface area (TPSA) is 167 Å². The van der Waals surface area contributed by atoms with Gasteiger partial charge in [-0.2, -0.15) is 42.5 Å². The molecular weight excluding hydrogens is 450 g/mol. The highest BCUT2D eigenvalue weighted by Gasteiger charge is 2.47. The van der Waals surface area contributed by atoms with Crippen LogP contribution in [-0.2, 0) is 34.5 Å². The number of carbonyl (C=O) groups is 3. The van der Waals surface area contributed by atoms with Crippen molar-refractivity contribution in [2.75, 3.05) is 6.61 Å². The van der Waals surface area contributed by atoms with Gasteiger partial charge in [0.2, 0.25) is 0 Å². The molecule has 1 rings (SSSR count). The summed E-state index contributed by atoms with van der Waals surface area (Å²) in [5, 5.41) is -3.14. The van der Waals surface area contributed by atoms with Gasteiger partial charge < -0.3 is 14.2 Å². The van der Waals surface area contributed by atoms with Crippen molar-refractivity contribution in [3.63, 3.8) is 0 Å². The van der Waals surface area contributed by atoms with Gasteiger partial charge in [-0.1, -0.05) is 0 Å². The number of carbonyl (C=O) groups excluding carboxylic acids is 3. The van der Waals surface area contributed by atoms with Crippen LogP contribution in [0.4, 0.5) is 0 Å². The molecule has 0 aromatic carbocycles. The predicted molar refractivity (Wildman–Crippen MR) is 108 cm³/mol. The van der Waals surface area contributed by atoms with Gasteiger partial charge in [-0.05, 0) is 20.8 Å². The molecule has 1 heterocycles. The summed E-state index contributed by atoms with van der Waals surface area (Å²) in [6.45, 7) is 2.84. The van der Waals surface area contributed by atoms with E-state index in [4.69, 9.17) is 14.2 Å². The van der Waals surface area contributed by atoms with E-state index in [0.717, 1.165) is 0 Å². The van der Waals surface area contributed by atoms with E-state index in [2.05, 4.69) is 37.9 Å². The van der Waals surface area contributed by atoms with E-state index in [0.29, 0.717) is 0 Å². The molecule has 3 atom stereocenters. The number of H-pyrrole nitrogens is 2. The van der Waals surface area contributed by atoms with Crippen LogP contribution >= 0.6 is 37.9 Å². The lowest BCUT2D eigenvalue weighted by atomic mass is 10.4. The van der Waals surface area contributed by atoms with Crippen molar-refractivity contribution in [1.82, 2.24) is 14.5 Å². The lowest BCUT2D eigenvalue weighted by Gasteiger charge is -2.33. The SMILES string of the molecule is CC(S)C(=O)OCC(OC(=O)C(C)S)(OC(=O)C(C)S)n1c(=O)[nH]c(=O)[nH]c1=O. The van der Waals surface area contributed by atoms with E-state index in [9.17, 15) is 28.8 Å². The molecule has 0 aliphatic carbocycles. The van der Waals surface area contributed by atoms with Crippen LogP contribution in [0.1, 0.15) is 20.8 Å². The van der Waals surface area contributed by atoms with Crippen LogP contribution < -0.4 is 17.1 Å². The fourth-order valence-corrected chi connectivity index (χ4v) is 1.92. The maximum atomic E-state index is 12.3. The van der Waals surface area contributed by atoms with E-state index in [1.54, 1.807) is 9.97 Å². The quantitative estimate of drug-likeness (QED) is 0.171. The van der Waals surface area contributed by atoms with Crippen LogP contribution in [0, 0.1) is 0 Å². The number of rotatable bonds is 8. The fraction of sp³-hybridized carbons (Fsp3) is 0.571. The summed E-state index contributed by atoms with van der Waals surface area (Å²) < 4.78 is 15.1. The Balaban J connectivity index is 3.71. The summed E-state index contributed by atoms with van der Waals surface area (Å²) >= 11 is 11.6. The Morgan fingerprint density at radius 1 is 0.862 bits per heavy atom. The number of ether oxygens (including phenoxy) is 3. The Kier molecular flexibility index (Phi) is 8.65. The standard InChI is InChI=1S/C14H19N3O9S3/c1-5(27)8(18)24-4-14(25-9(19)6(2)28,26-10(20)7(3)29)17-12(22)15-11(21)16-13(17)23/h5-7,27-29H,4H2,1-3H3,(H2,15,16,21,22,23). The number of nitrogens with one attached hydrogen (secondary N) is 2. The summed E-state index contributed by atoms with van der Waals surface area (Å²) in [6.07, 6.45) is 0. The number of aromatic amines is 2. The summed E-state index contributed by atoms with van der Waals surface area (Å²) in [4.78, 5) is 75.6. The van der Waals surface area contributed by atoms with Crippen LogP contribution in [0.25, 0.3) is 0 Å². The first kappa shape index (κ1) is 24.9. The van der Waals surface area contributed by atoms with Gasteiger partial charge in [-0.3, -0.25) is 24.4 Å². The summed E-state index contributed by atoms with van der Waals surface area (Å²) in [6, 6.07) is 0. The number of nitrogens with zero attached hydrogens (tertiary/aromatic N) is 1. The Bertz CT molecular complexity index is 892. The summed E-state index contributed by atoms with van der Waals surface area (Å²) in [5.74, 6) is -6.12. The average Bonchev–Trinajstić information content (AvgIpc) is 2.58. The molecule has 0 aliphatic rings. The summed E-state index contributed by atoms with van der Waals surface area (Å²) in [5.41, 5.74) is -3.99. The van der Waals surface area contributed by atoms with Crippen molar-refractivity contribution in [1.29, 1.82) is 0 Å². The maximum absolute atomic E-state index is 12.3. The molecule has 1 aromatic rings. The Morgan fingerprint density at radius 2 is 1.24 bits per heavy atom. The van der Waals surface area contributed by atoms with Crippen LogP contribution in [0.3, 0.4) is 0 Å². The van der Waals surface area contributed by atoms with Crippen LogP contribution in [0.5, 0.6) is 0 Å². The number of aromatic nitrogens is 3. The number of thiol groups is 3. The second kappa shape index (κ2) is 10.1. The van der Waals surface area contributed by atoms with E-state index in [1.807, 2.05) is 0 Å². The first-order valence-corrected chi connectivity index (χ1v) is 9.48. The van der Waals surface area contributed by atoms with Crippen LogP contribution in [-0.4, -0.2) is 54.8 Å². The van der Waals surface area contributed by atoms with Crippen molar-refractivity contribution >= 4 is 55.8 Å². The predicted octanol–water partition coefficient (Wildman–Crippen LogP) is -1.58. The molecule has 0 amide bonds. The van der Waals surface area contributed by atoms with Crippen molar-refractivity contribution in [2.45, 2.75) is 42.4 Å². The van der Waals surface area contributed by atoms with Crippen molar-refractivity contribution in [2.24, 2.45) is 0 Å². The molecule has 1 aromatic heterocycles. The normalized spacial score (nSPS) is 16.1. The third-order valence-electron chi connectivity index (χ3n) is 3.13. The maximum Gasteiger partial charge on any atom is 0.390 e. The lowest BCUT2D eigenvalue weighted by Crippen LogP contribution is -2.60. The minimum atomic E-state index is -2.89. The number of esters is 3. The zero-order valence-electron chi connectivity index (χ0n) is 15.4.